The molecule has 0 aliphatic carbocycles. The minimum absolute atomic E-state index is 0.431. The minimum atomic E-state index is -1.79. The maximum atomic E-state index is 6.92. The molecule has 0 heterocycles. The molecular formula is C45H78O4Si. The van der Waals surface area contributed by atoms with Crippen LogP contribution in [-0.2, 0) is 0 Å². The first-order chi connectivity index (χ1) is 24.1. The quantitative estimate of drug-likeness (QED) is 0.0641. The van der Waals surface area contributed by atoms with Gasteiger partial charge in [0.15, 0.2) is 23.0 Å². The number of rotatable bonds is 28. The Kier molecular flexibility index (Phi) is 24.3. The van der Waals surface area contributed by atoms with Crippen molar-refractivity contribution in [2.75, 3.05) is 26.4 Å². The van der Waals surface area contributed by atoms with Crippen molar-refractivity contribution in [1.29, 1.82) is 0 Å². The lowest BCUT2D eigenvalue weighted by Gasteiger charge is -2.27. The SMILES string of the molecule is C#Cc1c(OCC(CC)CCCC)c(OCC(CC)CCCC)c(C#C[Si](C)(C)C)c(OCC(CC)CCCC)c1OCC(CC)CCCC. The summed E-state index contributed by atoms with van der Waals surface area (Å²) < 4.78 is 27.6. The summed E-state index contributed by atoms with van der Waals surface area (Å²) in [6.07, 6.45) is 24.6. The van der Waals surface area contributed by atoms with E-state index in [0.29, 0.717) is 78.7 Å². The molecule has 0 radical (unpaired) electrons. The average Bonchev–Trinajstić information content (AvgIpc) is 3.11. The molecule has 0 aromatic heterocycles. The second-order valence-corrected chi connectivity index (χ2v) is 20.4. The maximum Gasteiger partial charge on any atom is 0.182 e. The topological polar surface area (TPSA) is 36.9 Å². The summed E-state index contributed by atoms with van der Waals surface area (Å²) >= 11 is 0. The van der Waals surface area contributed by atoms with Crippen molar-refractivity contribution in [1.82, 2.24) is 0 Å². The third kappa shape index (κ3) is 16.8. The lowest BCUT2D eigenvalue weighted by atomic mass is 9.99. The zero-order valence-corrected chi connectivity index (χ0v) is 35.7. The van der Waals surface area contributed by atoms with Gasteiger partial charge in [0.1, 0.15) is 19.2 Å². The Balaban J connectivity index is 4.13. The van der Waals surface area contributed by atoms with Gasteiger partial charge in [0.05, 0.1) is 26.4 Å². The van der Waals surface area contributed by atoms with E-state index in [4.69, 9.17) is 25.4 Å². The van der Waals surface area contributed by atoms with Crippen LogP contribution in [0.1, 0.15) is 169 Å². The number of hydrogen-bond acceptors (Lipinski definition) is 4. The van der Waals surface area contributed by atoms with Gasteiger partial charge in [0, 0.05) is 0 Å². The van der Waals surface area contributed by atoms with Crippen LogP contribution in [0.3, 0.4) is 0 Å². The number of terminal acetylenes is 1. The van der Waals surface area contributed by atoms with E-state index in [1.165, 1.54) is 51.4 Å². The first kappa shape index (κ1) is 45.8. The third-order valence-corrected chi connectivity index (χ3v) is 10.9. The molecule has 4 atom stereocenters. The summed E-state index contributed by atoms with van der Waals surface area (Å²) in [5.74, 6) is 10.9. The minimum Gasteiger partial charge on any atom is -0.488 e. The summed E-state index contributed by atoms with van der Waals surface area (Å²) in [5, 5.41) is 0. The molecule has 1 rings (SSSR count). The number of benzene rings is 1. The van der Waals surface area contributed by atoms with Crippen LogP contribution in [0.5, 0.6) is 23.0 Å². The standard InChI is InChI=1S/C45H78O4Si/c1-13-22-26-36(17-5)32-46-42-40(21-9)43(47-33-37(18-6)27-23-14-2)45(49-35-39(20-8)29-25-16-4)41(30-31-50(10,11)12)44(42)48-34-38(19-7)28-24-15-3/h9,36-39H,13-20,22-29,32-35H2,1-8,10-12H3. The van der Waals surface area contributed by atoms with Gasteiger partial charge in [-0.2, -0.15) is 0 Å². The predicted molar refractivity (Wildman–Crippen MR) is 220 cm³/mol. The maximum absolute atomic E-state index is 6.92. The van der Waals surface area contributed by atoms with E-state index in [1.807, 2.05) is 0 Å². The van der Waals surface area contributed by atoms with Crippen molar-refractivity contribution in [3.63, 3.8) is 0 Å². The highest BCUT2D eigenvalue weighted by atomic mass is 28.3. The van der Waals surface area contributed by atoms with Crippen LogP contribution in [0.4, 0.5) is 0 Å². The summed E-state index contributed by atoms with van der Waals surface area (Å²) in [7, 11) is -1.79. The Labute approximate surface area is 311 Å². The summed E-state index contributed by atoms with van der Waals surface area (Å²) in [5.41, 5.74) is 5.01. The van der Waals surface area contributed by atoms with Gasteiger partial charge in [-0.25, -0.2) is 0 Å². The molecule has 286 valence electrons. The monoisotopic (exact) mass is 711 g/mol. The second-order valence-electron chi connectivity index (χ2n) is 15.6. The van der Waals surface area contributed by atoms with Gasteiger partial charge in [0.2, 0.25) is 0 Å². The normalized spacial score (nSPS) is 13.8. The van der Waals surface area contributed by atoms with Crippen molar-refractivity contribution in [2.24, 2.45) is 23.7 Å². The summed E-state index contributed by atoms with van der Waals surface area (Å²) in [4.78, 5) is 0. The molecule has 0 saturated carbocycles. The molecule has 0 N–H and O–H groups in total. The fourth-order valence-electron chi connectivity index (χ4n) is 6.10. The van der Waals surface area contributed by atoms with E-state index in [-0.39, 0.29) is 0 Å². The van der Waals surface area contributed by atoms with Gasteiger partial charge >= 0.3 is 0 Å². The highest BCUT2D eigenvalue weighted by molar-refractivity contribution is 6.83. The van der Waals surface area contributed by atoms with Gasteiger partial charge in [-0.05, 0) is 49.4 Å². The van der Waals surface area contributed by atoms with E-state index in [9.17, 15) is 0 Å². The Hall–Kier alpha value is -2.24. The fraction of sp³-hybridized carbons (Fsp3) is 0.778. The van der Waals surface area contributed by atoms with Crippen LogP contribution >= 0.6 is 0 Å². The van der Waals surface area contributed by atoms with Gasteiger partial charge in [0.25, 0.3) is 0 Å². The second kappa shape index (κ2) is 26.5. The Morgan fingerprint density at radius 3 is 0.980 bits per heavy atom. The van der Waals surface area contributed by atoms with Crippen molar-refractivity contribution in [3.8, 4) is 46.8 Å². The number of ether oxygens (including phenoxy) is 4. The summed E-state index contributed by atoms with van der Waals surface area (Å²) in [6, 6.07) is 0. The smallest absolute Gasteiger partial charge is 0.182 e. The molecule has 1 aromatic rings. The molecule has 0 fully saturated rings. The zero-order valence-electron chi connectivity index (χ0n) is 34.7. The van der Waals surface area contributed by atoms with Gasteiger partial charge in [-0.3, -0.25) is 0 Å². The molecule has 50 heavy (non-hydrogen) atoms. The van der Waals surface area contributed by atoms with Crippen LogP contribution in [0.25, 0.3) is 0 Å². The van der Waals surface area contributed by atoms with E-state index < -0.39 is 8.07 Å². The van der Waals surface area contributed by atoms with Crippen molar-refractivity contribution >= 4 is 8.07 Å². The molecule has 0 amide bonds. The molecule has 0 spiro atoms. The molecule has 0 aliphatic rings. The lowest BCUT2D eigenvalue weighted by molar-refractivity contribution is 0.183. The Morgan fingerprint density at radius 1 is 0.480 bits per heavy atom. The largest absolute Gasteiger partial charge is 0.488 e. The molecule has 4 nitrogen and oxygen atoms in total. The van der Waals surface area contributed by atoms with Crippen LogP contribution < -0.4 is 18.9 Å². The van der Waals surface area contributed by atoms with E-state index in [0.717, 1.165) is 56.9 Å². The summed E-state index contributed by atoms with van der Waals surface area (Å²) in [6.45, 7) is 27.2. The number of hydrogen-bond donors (Lipinski definition) is 0. The van der Waals surface area contributed by atoms with E-state index in [1.54, 1.807) is 0 Å². The molecule has 0 aliphatic heterocycles. The van der Waals surface area contributed by atoms with Crippen molar-refractivity contribution in [3.05, 3.63) is 11.1 Å². The fourth-order valence-corrected chi connectivity index (χ4v) is 6.60. The van der Waals surface area contributed by atoms with E-state index in [2.05, 4.69) is 92.4 Å². The highest BCUT2D eigenvalue weighted by Crippen LogP contribution is 2.49. The van der Waals surface area contributed by atoms with Gasteiger partial charge in [-0.1, -0.05) is 164 Å². The van der Waals surface area contributed by atoms with Gasteiger partial charge < -0.3 is 18.9 Å². The number of unbranched alkanes of at least 4 members (excludes halogenated alkanes) is 4. The van der Waals surface area contributed by atoms with E-state index >= 15 is 0 Å². The Bertz CT molecular complexity index is 1090. The van der Waals surface area contributed by atoms with Crippen molar-refractivity contribution in [2.45, 2.75) is 178 Å². The highest BCUT2D eigenvalue weighted by Gasteiger charge is 2.30. The molecule has 4 unspecified atom stereocenters. The van der Waals surface area contributed by atoms with Gasteiger partial charge in [-0.15, -0.1) is 12.0 Å². The molecule has 5 heteroatoms. The Morgan fingerprint density at radius 2 is 0.760 bits per heavy atom. The predicted octanol–water partition coefficient (Wildman–Crippen LogP) is 13.3. The molecular weight excluding hydrogens is 633 g/mol. The molecule has 1 aromatic carbocycles. The van der Waals surface area contributed by atoms with Crippen LogP contribution in [0, 0.1) is 47.5 Å². The third-order valence-electron chi connectivity index (χ3n) is 10.1. The van der Waals surface area contributed by atoms with Crippen LogP contribution in [0.15, 0.2) is 0 Å². The van der Waals surface area contributed by atoms with Crippen LogP contribution in [-0.4, -0.2) is 34.5 Å². The zero-order chi connectivity index (χ0) is 37.4. The van der Waals surface area contributed by atoms with Crippen molar-refractivity contribution < 1.29 is 18.9 Å². The molecule has 0 bridgehead atoms. The molecule has 0 saturated heterocycles. The van der Waals surface area contributed by atoms with Crippen LogP contribution in [0.2, 0.25) is 19.6 Å². The average molecular weight is 711 g/mol. The first-order valence-corrected chi connectivity index (χ1v) is 24.3. The lowest BCUT2D eigenvalue weighted by Crippen LogP contribution is -2.20. The first-order valence-electron chi connectivity index (χ1n) is 20.8.